The van der Waals surface area contributed by atoms with E-state index >= 15 is 0 Å². The largest absolute Gasteiger partial charge is 0.326 e. The highest BCUT2D eigenvalue weighted by Gasteiger charge is 2.25. The van der Waals surface area contributed by atoms with Crippen LogP contribution in [-0.4, -0.2) is 24.0 Å². The molecule has 0 bridgehead atoms. The molecule has 3 heteroatoms. The molecule has 1 aromatic heterocycles. The molecule has 0 spiro atoms. The fourth-order valence-electron chi connectivity index (χ4n) is 2.45. The molecule has 84 valence electrons. The van der Waals surface area contributed by atoms with E-state index < -0.39 is 0 Å². The van der Waals surface area contributed by atoms with Crippen molar-refractivity contribution in [3.8, 4) is 0 Å². The Kier molecular flexibility index (Phi) is 3.78. The standard InChI is InChI=1S/C12H20N2S/c1-14(9-10-5-4-8-15-10)12-7-3-2-6-11(12)13/h4-5,8,11-12H,2-3,6-7,9,13H2,1H3. The SMILES string of the molecule is CN(Cc1cccs1)C1CCCCC1N. The number of likely N-dealkylation sites (N-methyl/N-ethyl adjacent to an activating group) is 1. The first-order valence-electron chi connectivity index (χ1n) is 5.75. The maximum absolute atomic E-state index is 6.17. The lowest BCUT2D eigenvalue weighted by Crippen LogP contribution is -2.47. The molecule has 2 rings (SSSR count). The summed E-state index contributed by atoms with van der Waals surface area (Å²) in [6.07, 6.45) is 5.11. The van der Waals surface area contributed by atoms with Gasteiger partial charge in [-0.3, -0.25) is 4.90 Å². The van der Waals surface area contributed by atoms with Crippen LogP contribution in [0.25, 0.3) is 0 Å². The minimum atomic E-state index is 0.378. The monoisotopic (exact) mass is 224 g/mol. The second kappa shape index (κ2) is 5.10. The van der Waals surface area contributed by atoms with Gasteiger partial charge in [0.2, 0.25) is 0 Å². The highest BCUT2D eigenvalue weighted by molar-refractivity contribution is 7.09. The zero-order valence-electron chi connectivity index (χ0n) is 9.36. The zero-order chi connectivity index (χ0) is 10.7. The molecule has 2 unspecified atom stereocenters. The molecular weight excluding hydrogens is 204 g/mol. The van der Waals surface area contributed by atoms with Crippen LogP contribution in [0.1, 0.15) is 30.6 Å². The lowest BCUT2D eigenvalue weighted by molar-refractivity contribution is 0.163. The van der Waals surface area contributed by atoms with Gasteiger partial charge in [-0.1, -0.05) is 18.9 Å². The summed E-state index contributed by atoms with van der Waals surface area (Å²) in [5.74, 6) is 0. The fourth-order valence-corrected chi connectivity index (χ4v) is 3.22. The zero-order valence-corrected chi connectivity index (χ0v) is 10.2. The molecule has 2 nitrogen and oxygen atoms in total. The minimum Gasteiger partial charge on any atom is -0.326 e. The summed E-state index contributed by atoms with van der Waals surface area (Å²) in [6.45, 7) is 1.05. The average Bonchev–Trinajstić information content (AvgIpc) is 2.71. The van der Waals surface area contributed by atoms with E-state index in [-0.39, 0.29) is 0 Å². The van der Waals surface area contributed by atoms with E-state index in [2.05, 4.69) is 29.5 Å². The Bertz CT molecular complexity index is 284. The Morgan fingerprint density at radius 1 is 1.47 bits per heavy atom. The molecule has 1 heterocycles. The maximum atomic E-state index is 6.17. The summed E-state index contributed by atoms with van der Waals surface area (Å²) >= 11 is 1.83. The molecule has 0 aromatic carbocycles. The van der Waals surface area contributed by atoms with E-state index in [4.69, 9.17) is 5.73 Å². The van der Waals surface area contributed by atoms with Crippen LogP contribution < -0.4 is 5.73 Å². The van der Waals surface area contributed by atoms with E-state index in [0.29, 0.717) is 12.1 Å². The normalized spacial score (nSPS) is 27.1. The minimum absolute atomic E-state index is 0.378. The average molecular weight is 224 g/mol. The molecule has 0 radical (unpaired) electrons. The molecule has 2 atom stereocenters. The summed E-state index contributed by atoms with van der Waals surface area (Å²) in [6, 6.07) is 5.29. The molecule has 0 amide bonds. The van der Waals surface area contributed by atoms with Crippen LogP contribution in [0.2, 0.25) is 0 Å². The first kappa shape index (κ1) is 11.1. The van der Waals surface area contributed by atoms with Crippen molar-refractivity contribution in [1.82, 2.24) is 4.90 Å². The Morgan fingerprint density at radius 2 is 2.27 bits per heavy atom. The van der Waals surface area contributed by atoms with Crippen molar-refractivity contribution in [1.29, 1.82) is 0 Å². The Labute approximate surface area is 96.1 Å². The molecule has 2 N–H and O–H groups in total. The molecule has 1 aromatic rings. The summed E-state index contributed by atoms with van der Waals surface area (Å²) in [5, 5.41) is 2.14. The molecule has 0 saturated heterocycles. The van der Waals surface area contributed by atoms with Crippen LogP contribution in [0.15, 0.2) is 17.5 Å². The third-order valence-corrected chi connectivity index (χ3v) is 4.19. The molecule has 1 fully saturated rings. The van der Waals surface area contributed by atoms with Gasteiger partial charge in [-0.05, 0) is 31.3 Å². The number of hydrogen-bond donors (Lipinski definition) is 1. The molecule has 1 saturated carbocycles. The van der Waals surface area contributed by atoms with Gasteiger partial charge in [-0.15, -0.1) is 11.3 Å². The molecular formula is C12H20N2S. The van der Waals surface area contributed by atoms with Gasteiger partial charge in [0.25, 0.3) is 0 Å². The van der Waals surface area contributed by atoms with Gasteiger partial charge in [0.1, 0.15) is 0 Å². The maximum Gasteiger partial charge on any atom is 0.0328 e. The Hall–Kier alpha value is -0.380. The topological polar surface area (TPSA) is 29.3 Å². The van der Waals surface area contributed by atoms with Gasteiger partial charge in [-0.2, -0.15) is 0 Å². The highest BCUT2D eigenvalue weighted by Crippen LogP contribution is 2.23. The Morgan fingerprint density at radius 3 is 2.93 bits per heavy atom. The predicted octanol–water partition coefficient (Wildman–Crippen LogP) is 2.45. The quantitative estimate of drug-likeness (QED) is 0.854. The van der Waals surface area contributed by atoms with Crippen molar-refractivity contribution >= 4 is 11.3 Å². The number of thiophene rings is 1. The third-order valence-electron chi connectivity index (χ3n) is 3.33. The summed E-state index contributed by atoms with van der Waals surface area (Å²) in [5.41, 5.74) is 6.17. The summed E-state index contributed by atoms with van der Waals surface area (Å²) in [7, 11) is 2.20. The molecule has 0 aliphatic heterocycles. The Balaban J connectivity index is 1.91. The molecule has 1 aliphatic rings. The van der Waals surface area contributed by atoms with Crippen molar-refractivity contribution in [3.63, 3.8) is 0 Å². The summed E-state index contributed by atoms with van der Waals surface area (Å²) in [4.78, 5) is 3.87. The van der Waals surface area contributed by atoms with Gasteiger partial charge >= 0.3 is 0 Å². The molecule has 15 heavy (non-hydrogen) atoms. The number of nitrogens with two attached hydrogens (primary N) is 1. The van der Waals surface area contributed by atoms with Gasteiger partial charge in [0.05, 0.1) is 0 Å². The smallest absolute Gasteiger partial charge is 0.0328 e. The fraction of sp³-hybridized carbons (Fsp3) is 0.667. The number of rotatable bonds is 3. The van der Waals surface area contributed by atoms with Crippen LogP contribution in [0.3, 0.4) is 0 Å². The van der Waals surface area contributed by atoms with E-state index in [1.807, 2.05) is 11.3 Å². The second-order valence-electron chi connectivity index (χ2n) is 4.51. The second-order valence-corrected chi connectivity index (χ2v) is 5.54. The van der Waals surface area contributed by atoms with Crippen molar-refractivity contribution < 1.29 is 0 Å². The lowest BCUT2D eigenvalue weighted by atomic mass is 9.90. The van der Waals surface area contributed by atoms with Gasteiger partial charge in [-0.25, -0.2) is 0 Å². The van der Waals surface area contributed by atoms with Crippen LogP contribution in [-0.2, 0) is 6.54 Å². The van der Waals surface area contributed by atoms with Gasteiger partial charge in [0, 0.05) is 23.5 Å². The number of hydrogen-bond acceptors (Lipinski definition) is 3. The summed E-state index contributed by atoms with van der Waals surface area (Å²) < 4.78 is 0. The van der Waals surface area contributed by atoms with Crippen molar-refractivity contribution in [2.75, 3.05) is 7.05 Å². The van der Waals surface area contributed by atoms with E-state index in [9.17, 15) is 0 Å². The van der Waals surface area contributed by atoms with Crippen LogP contribution in [0, 0.1) is 0 Å². The van der Waals surface area contributed by atoms with Crippen molar-refractivity contribution in [2.24, 2.45) is 5.73 Å². The van der Waals surface area contributed by atoms with Crippen LogP contribution >= 0.6 is 11.3 Å². The van der Waals surface area contributed by atoms with Gasteiger partial charge in [0.15, 0.2) is 0 Å². The number of nitrogens with zero attached hydrogens (tertiary/aromatic N) is 1. The lowest BCUT2D eigenvalue weighted by Gasteiger charge is -2.35. The van der Waals surface area contributed by atoms with Crippen molar-refractivity contribution in [2.45, 2.75) is 44.3 Å². The first-order valence-corrected chi connectivity index (χ1v) is 6.63. The molecule has 1 aliphatic carbocycles. The van der Waals surface area contributed by atoms with E-state index in [1.54, 1.807) is 0 Å². The van der Waals surface area contributed by atoms with E-state index in [0.717, 1.165) is 6.54 Å². The van der Waals surface area contributed by atoms with Crippen LogP contribution in [0.5, 0.6) is 0 Å². The van der Waals surface area contributed by atoms with Crippen molar-refractivity contribution in [3.05, 3.63) is 22.4 Å². The van der Waals surface area contributed by atoms with Crippen LogP contribution in [0.4, 0.5) is 0 Å². The highest BCUT2D eigenvalue weighted by atomic mass is 32.1. The van der Waals surface area contributed by atoms with E-state index in [1.165, 1.54) is 30.6 Å². The first-order chi connectivity index (χ1) is 7.27. The predicted molar refractivity (Wildman–Crippen MR) is 66.0 cm³/mol. The van der Waals surface area contributed by atoms with Gasteiger partial charge < -0.3 is 5.73 Å². The third kappa shape index (κ3) is 2.80.